The van der Waals surface area contributed by atoms with E-state index in [9.17, 15) is 4.21 Å². The number of para-hydroxylation sites is 1. The lowest BCUT2D eigenvalue weighted by Crippen LogP contribution is -2.11. The molecule has 0 aromatic heterocycles. The Labute approximate surface area is 106 Å². The molecule has 1 fully saturated rings. The summed E-state index contributed by atoms with van der Waals surface area (Å²) in [6, 6.07) is 7.50. The molecule has 1 atom stereocenters. The van der Waals surface area contributed by atoms with E-state index >= 15 is 0 Å². The third-order valence-electron chi connectivity index (χ3n) is 3.60. The number of hydrogen-bond acceptors (Lipinski definition) is 2. The van der Waals surface area contributed by atoms with Gasteiger partial charge in [0.25, 0.3) is 0 Å². The number of anilines is 1. The Bertz CT molecular complexity index is 386. The minimum atomic E-state index is -0.922. The van der Waals surface area contributed by atoms with Gasteiger partial charge in [-0.05, 0) is 24.5 Å². The third kappa shape index (κ3) is 3.56. The van der Waals surface area contributed by atoms with Gasteiger partial charge < -0.3 is 5.73 Å². The lowest BCUT2D eigenvalue weighted by molar-refractivity contribution is 0.351. The molecule has 0 heterocycles. The molecular formula is C14H21NOS. The van der Waals surface area contributed by atoms with E-state index in [4.69, 9.17) is 5.73 Å². The van der Waals surface area contributed by atoms with Crippen molar-refractivity contribution >= 4 is 16.5 Å². The fourth-order valence-electron chi connectivity index (χ4n) is 2.55. The van der Waals surface area contributed by atoms with E-state index in [1.165, 1.54) is 32.1 Å². The van der Waals surface area contributed by atoms with Crippen LogP contribution in [0.3, 0.4) is 0 Å². The molecular weight excluding hydrogens is 230 g/mol. The maximum absolute atomic E-state index is 12.1. The molecule has 1 aliphatic carbocycles. The van der Waals surface area contributed by atoms with Crippen LogP contribution in [-0.2, 0) is 10.8 Å². The Hall–Kier alpha value is -0.830. The minimum Gasteiger partial charge on any atom is -0.398 e. The van der Waals surface area contributed by atoms with Gasteiger partial charge in [-0.15, -0.1) is 0 Å². The van der Waals surface area contributed by atoms with E-state index in [0.717, 1.165) is 23.0 Å². The summed E-state index contributed by atoms with van der Waals surface area (Å²) in [6.45, 7) is 0. The summed E-state index contributed by atoms with van der Waals surface area (Å²) in [5.74, 6) is 1.55. The van der Waals surface area contributed by atoms with Crippen LogP contribution >= 0.6 is 0 Å². The molecule has 1 unspecified atom stereocenters. The van der Waals surface area contributed by atoms with Gasteiger partial charge in [0.15, 0.2) is 0 Å². The standard InChI is InChI=1S/C14H21NOS/c15-13-8-4-5-9-14(13)17(16)11-10-12-6-2-1-3-7-12/h4-5,8-9,12H,1-3,6-7,10-11,15H2. The van der Waals surface area contributed by atoms with Crippen LogP contribution in [0.4, 0.5) is 5.69 Å². The van der Waals surface area contributed by atoms with Gasteiger partial charge in [0.1, 0.15) is 0 Å². The van der Waals surface area contributed by atoms with Crippen molar-refractivity contribution in [3.8, 4) is 0 Å². The highest BCUT2D eigenvalue weighted by atomic mass is 32.2. The summed E-state index contributed by atoms with van der Waals surface area (Å²) in [5.41, 5.74) is 6.50. The summed E-state index contributed by atoms with van der Waals surface area (Å²) < 4.78 is 12.1. The summed E-state index contributed by atoms with van der Waals surface area (Å²) in [6.07, 6.45) is 7.81. The number of rotatable bonds is 4. The second-order valence-electron chi connectivity index (χ2n) is 4.88. The molecule has 2 rings (SSSR count). The van der Waals surface area contributed by atoms with E-state index in [2.05, 4.69) is 0 Å². The molecule has 2 nitrogen and oxygen atoms in total. The lowest BCUT2D eigenvalue weighted by Gasteiger charge is -2.21. The monoisotopic (exact) mass is 251 g/mol. The molecule has 0 bridgehead atoms. The molecule has 0 spiro atoms. The first-order valence-electron chi connectivity index (χ1n) is 6.50. The van der Waals surface area contributed by atoms with Gasteiger partial charge in [0.05, 0.1) is 15.7 Å². The van der Waals surface area contributed by atoms with Crippen molar-refractivity contribution in [3.63, 3.8) is 0 Å². The predicted molar refractivity (Wildman–Crippen MR) is 73.3 cm³/mol. The van der Waals surface area contributed by atoms with Crippen LogP contribution in [-0.4, -0.2) is 9.96 Å². The van der Waals surface area contributed by atoms with E-state index in [-0.39, 0.29) is 0 Å². The molecule has 94 valence electrons. The van der Waals surface area contributed by atoms with E-state index in [1.807, 2.05) is 24.3 Å². The zero-order chi connectivity index (χ0) is 12.1. The van der Waals surface area contributed by atoms with Crippen LogP contribution in [0.15, 0.2) is 29.2 Å². The summed E-state index contributed by atoms with van der Waals surface area (Å²) in [4.78, 5) is 0.809. The van der Waals surface area contributed by atoms with Crippen LogP contribution in [0.1, 0.15) is 38.5 Å². The van der Waals surface area contributed by atoms with Crippen molar-refractivity contribution in [1.29, 1.82) is 0 Å². The highest BCUT2D eigenvalue weighted by molar-refractivity contribution is 7.85. The number of nitrogen functional groups attached to an aromatic ring is 1. The SMILES string of the molecule is Nc1ccccc1S(=O)CCC1CCCCC1. The molecule has 1 aromatic carbocycles. The maximum atomic E-state index is 12.1. The van der Waals surface area contributed by atoms with Crippen LogP contribution in [0, 0.1) is 5.92 Å². The zero-order valence-electron chi connectivity index (χ0n) is 10.2. The predicted octanol–water partition coefficient (Wildman–Crippen LogP) is 3.35. The van der Waals surface area contributed by atoms with Crippen molar-refractivity contribution < 1.29 is 4.21 Å². The van der Waals surface area contributed by atoms with E-state index in [1.54, 1.807) is 0 Å². The second kappa shape index (κ2) is 6.20. The van der Waals surface area contributed by atoms with Crippen molar-refractivity contribution in [3.05, 3.63) is 24.3 Å². The third-order valence-corrected chi connectivity index (χ3v) is 5.07. The largest absolute Gasteiger partial charge is 0.398 e. The molecule has 1 saturated carbocycles. The van der Waals surface area contributed by atoms with Gasteiger partial charge in [0.2, 0.25) is 0 Å². The van der Waals surface area contributed by atoms with Gasteiger partial charge in [-0.25, -0.2) is 0 Å². The van der Waals surface area contributed by atoms with Crippen LogP contribution in [0.5, 0.6) is 0 Å². The van der Waals surface area contributed by atoms with Crippen molar-refractivity contribution in [2.75, 3.05) is 11.5 Å². The number of benzene rings is 1. The summed E-state index contributed by atoms with van der Waals surface area (Å²) in [7, 11) is -0.922. The normalized spacial score (nSPS) is 19.1. The Balaban J connectivity index is 1.87. The van der Waals surface area contributed by atoms with Crippen LogP contribution in [0.2, 0.25) is 0 Å². The first-order chi connectivity index (χ1) is 8.27. The number of hydrogen-bond donors (Lipinski definition) is 1. The average Bonchev–Trinajstić information content (AvgIpc) is 2.38. The smallest absolute Gasteiger partial charge is 0.0617 e. The fraction of sp³-hybridized carbons (Fsp3) is 0.571. The molecule has 2 N–H and O–H groups in total. The molecule has 1 aromatic rings. The summed E-state index contributed by atoms with van der Waals surface area (Å²) >= 11 is 0. The molecule has 0 amide bonds. The van der Waals surface area contributed by atoms with Gasteiger partial charge in [0, 0.05) is 11.4 Å². The van der Waals surface area contributed by atoms with Crippen LogP contribution < -0.4 is 5.73 Å². The molecule has 0 aliphatic heterocycles. The van der Waals surface area contributed by atoms with E-state index in [0.29, 0.717) is 5.69 Å². The highest BCUT2D eigenvalue weighted by Gasteiger charge is 2.15. The van der Waals surface area contributed by atoms with E-state index < -0.39 is 10.8 Å². The topological polar surface area (TPSA) is 43.1 Å². The first-order valence-corrected chi connectivity index (χ1v) is 7.82. The van der Waals surface area contributed by atoms with Gasteiger partial charge >= 0.3 is 0 Å². The molecule has 0 saturated heterocycles. The molecule has 1 aliphatic rings. The Kier molecular flexibility index (Phi) is 4.60. The zero-order valence-corrected chi connectivity index (χ0v) is 11.0. The van der Waals surface area contributed by atoms with Crippen molar-refractivity contribution in [1.82, 2.24) is 0 Å². The maximum Gasteiger partial charge on any atom is 0.0617 e. The average molecular weight is 251 g/mol. The first kappa shape index (κ1) is 12.6. The number of nitrogens with two attached hydrogens (primary N) is 1. The van der Waals surface area contributed by atoms with Gasteiger partial charge in [-0.1, -0.05) is 44.2 Å². The molecule has 0 radical (unpaired) electrons. The lowest BCUT2D eigenvalue weighted by atomic mass is 9.88. The Morgan fingerprint density at radius 2 is 1.88 bits per heavy atom. The van der Waals surface area contributed by atoms with Crippen molar-refractivity contribution in [2.45, 2.75) is 43.4 Å². The Morgan fingerprint density at radius 1 is 1.18 bits per heavy atom. The van der Waals surface area contributed by atoms with Crippen LogP contribution in [0.25, 0.3) is 0 Å². The fourth-order valence-corrected chi connectivity index (χ4v) is 3.88. The second-order valence-corrected chi connectivity index (χ2v) is 6.42. The minimum absolute atomic E-state index is 0.662. The van der Waals surface area contributed by atoms with Crippen molar-refractivity contribution in [2.24, 2.45) is 5.92 Å². The summed E-state index contributed by atoms with van der Waals surface area (Å²) in [5, 5.41) is 0. The molecule has 17 heavy (non-hydrogen) atoms. The molecule has 3 heteroatoms. The van der Waals surface area contributed by atoms with Gasteiger partial charge in [-0.2, -0.15) is 0 Å². The van der Waals surface area contributed by atoms with Gasteiger partial charge in [-0.3, -0.25) is 4.21 Å². The quantitative estimate of drug-likeness (QED) is 0.834. The Morgan fingerprint density at radius 3 is 2.59 bits per heavy atom. The highest BCUT2D eigenvalue weighted by Crippen LogP contribution is 2.27.